The van der Waals surface area contributed by atoms with Gasteiger partial charge in [0, 0.05) is 44.7 Å². The molecule has 1 aromatic heterocycles. The summed E-state index contributed by atoms with van der Waals surface area (Å²) in [5, 5.41) is 0. The topological polar surface area (TPSA) is 36.7 Å². The van der Waals surface area contributed by atoms with Crippen LogP contribution in [-0.2, 0) is 11.3 Å². The van der Waals surface area contributed by atoms with Gasteiger partial charge in [-0.2, -0.15) is 0 Å². The summed E-state index contributed by atoms with van der Waals surface area (Å²) in [5.74, 6) is 1.08. The number of amides is 1. The molecule has 2 aliphatic rings. The van der Waals surface area contributed by atoms with Crippen LogP contribution in [0.15, 0.2) is 23.0 Å². The van der Waals surface area contributed by atoms with Crippen molar-refractivity contribution in [3.05, 3.63) is 24.2 Å². The molecule has 2 fully saturated rings. The molecule has 116 valence electrons. The number of hydrogen-bond acceptors (Lipinski definition) is 3. The SMILES string of the molecule is O=C1CCN(Cc2ccoc2)CCN1CC1CCCCC1. The van der Waals surface area contributed by atoms with Gasteiger partial charge in [-0.1, -0.05) is 19.3 Å². The van der Waals surface area contributed by atoms with E-state index >= 15 is 0 Å². The Balaban J connectivity index is 1.51. The normalized spacial score (nSPS) is 22.5. The molecule has 1 saturated carbocycles. The number of hydrogen-bond donors (Lipinski definition) is 0. The zero-order valence-corrected chi connectivity index (χ0v) is 12.8. The molecule has 0 atom stereocenters. The van der Waals surface area contributed by atoms with Crippen molar-refractivity contribution in [2.24, 2.45) is 5.92 Å². The van der Waals surface area contributed by atoms with Crippen LogP contribution in [0.3, 0.4) is 0 Å². The Morgan fingerprint density at radius 2 is 2.00 bits per heavy atom. The highest BCUT2D eigenvalue weighted by Crippen LogP contribution is 2.25. The van der Waals surface area contributed by atoms with Crippen molar-refractivity contribution in [2.75, 3.05) is 26.2 Å². The molecule has 3 rings (SSSR count). The van der Waals surface area contributed by atoms with Gasteiger partial charge in [0.1, 0.15) is 0 Å². The highest BCUT2D eigenvalue weighted by atomic mass is 16.3. The lowest BCUT2D eigenvalue weighted by Gasteiger charge is -2.29. The first-order chi connectivity index (χ1) is 10.3. The van der Waals surface area contributed by atoms with Gasteiger partial charge in [-0.15, -0.1) is 0 Å². The standard InChI is InChI=1S/C17H26N2O2/c20-17-6-8-18(12-16-7-11-21-14-16)9-10-19(17)13-15-4-2-1-3-5-15/h7,11,14-15H,1-6,8-10,12-13H2. The Morgan fingerprint density at radius 1 is 1.14 bits per heavy atom. The quantitative estimate of drug-likeness (QED) is 0.855. The Labute approximate surface area is 127 Å². The lowest BCUT2D eigenvalue weighted by molar-refractivity contribution is -0.131. The number of furan rings is 1. The second-order valence-corrected chi connectivity index (χ2v) is 6.50. The molecule has 0 spiro atoms. The summed E-state index contributed by atoms with van der Waals surface area (Å²) in [6.45, 7) is 4.60. The van der Waals surface area contributed by atoms with Crippen molar-refractivity contribution in [1.29, 1.82) is 0 Å². The Bertz CT molecular complexity index is 438. The van der Waals surface area contributed by atoms with E-state index in [1.807, 2.05) is 6.07 Å². The molecule has 0 bridgehead atoms. The number of nitrogens with zero attached hydrogens (tertiary/aromatic N) is 2. The molecule has 21 heavy (non-hydrogen) atoms. The first-order valence-corrected chi connectivity index (χ1v) is 8.32. The fraction of sp³-hybridized carbons (Fsp3) is 0.706. The largest absolute Gasteiger partial charge is 0.472 e. The second-order valence-electron chi connectivity index (χ2n) is 6.50. The Morgan fingerprint density at radius 3 is 2.76 bits per heavy atom. The van der Waals surface area contributed by atoms with E-state index in [0.717, 1.165) is 38.6 Å². The Kier molecular flexibility index (Phi) is 4.96. The van der Waals surface area contributed by atoms with E-state index < -0.39 is 0 Å². The van der Waals surface area contributed by atoms with Crippen LogP contribution < -0.4 is 0 Å². The molecule has 4 nitrogen and oxygen atoms in total. The minimum atomic E-state index is 0.343. The third-order valence-corrected chi connectivity index (χ3v) is 4.87. The second kappa shape index (κ2) is 7.12. The van der Waals surface area contributed by atoms with Crippen LogP contribution in [0.25, 0.3) is 0 Å². The zero-order chi connectivity index (χ0) is 14.5. The first kappa shape index (κ1) is 14.6. The van der Waals surface area contributed by atoms with Crippen molar-refractivity contribution in [3.8, 4) is 0 Å². The third kappa shape index (κ3) is 4.10. The number of carbonyl (C=O) groups is 1. The van der Waals surface area contributed by atoms with Crippen molar-refractivity contribution in [3.63, 3.8) is 0 Å². The Hall–Kier alpha value is -1.29. The highest BCUT2D eigenvalue weighted by Gasteiger charge is 2.24. The molecule has 0 unspecified atom stereocenters. The van der Waals surface area contributed by atoms with Gasteiger partial charge >= 0.3 is 0 Å². The molecule has 1 amide bonds. The fourth-order valence-electron chi connectivity index (χ4n) is 3.58. The molecule has 4 heteroatoms. The van der Waals surface area contributed by atoms with Crippen LogP contribution in [-0.4, -0.2) is 41.9 Å². The third-order valence-electron chi connectivity index (χ3n) is 4.87. The maximum atomic E-state index is 12.3. The van der Waals surface area contributed by atoms with E-state index in [9.17, 15) is 4.79 Å². The van der Waals surface area contributed by atoms with Crippen molar-refractivity contribution in [2.45, 2.75) is 45.1 Å². The summed E-state index contributed by atoms with van der Waals surface area (Å²) in [6.07, 6.45) is 10.9. The summed E-state index contributed by atoms with van der Waals surface area (Å²) >= 11 is 0. The minimum Gasteiger partial charge on any atom is -0.472 e. The zero-order valence-electron chi connectivity index (χ0n) is 12.8. The monoisotopic (exact) mass is 290 g/mol. The summed E-state index contributed by atoms with van der Waals surface area (Å²) < 4.78 is 5.13. The smallest absolute Gasteiger partial charge is 0.223 e. The van der Waals surface area contributed by atoms with Crippen LogP contribution in [0, 0.1) is 5.92 Å². The van der Waals surface area contributed by atoms with E-state index in [1.54, 1.807) is 12.5 Å². The van der Waals surface area contributed by atoms with Gasteiger partial charge in [0.05, 0.1) is 12.5 Å². The van der Waals surface area contributed by atoms with E-state index in [-0.39, 0.29) is 0 Å². The molecule has 1 aliphatic carbocycles. The molecule has 2 heterocycles. The van der Waals surface area contributed by atoms with E-state index in [1.165, 1.54) is 37.7 Å². The molecule has 1 saturated heterocycles. The molecular weight excluding hydrogens is 264 g/mol. The van der Waals surface area contributed by atoms with E-state index in [0.29, 0.717) is 12.3 Å². The van der Waals surface area contributed by atoms with E-state index in [2.05, 4.69) is 9.80 Å². The number of carbonyl (C=O) groups excluding carboxylic acids is 1. The molecule has 0 aromatic carbocycles. The van der Waals surface area contributed by atoms with Crippen LogP contribution >= 0.6 is 0 Å². The summed E-state index contributed by atoms with van der Waals surface area (Å²) in [5.41, 5.74) is 1.20. The van der Waals surface area contributed by atoms with Crippen molar-refractivity contribution >= 4 is 5.91 Å². The lowest BCUT2D eigenvalue weighted by atomic mass is 9.89. The average Bonchev–Trinajstić information content (AvgIpc) is 2.96. The molecular formula is C17H26N2O2. The van der Waals surface area contributed by atoms with Crippen molar-refractivity contribution < 1.29 is 9.21 Å². The molecule has 1 aromatic rings. The summed E-state index contributed by atoms with van der Waals surface area (Å²) in [4.78, 5) is 16.8. The van der Waals surface area contributed by atoms with Gasteiger partial charge in [-0.25, -0.2) is 0 Å². The maximum absolute atomic E-state index is 12.3. The molecule has 0 radical (unpaired) electrons. The molecule has 1 aliphatic heterocycles. The number of rotatable bonds is 4. The van der Waals surface area contributed by atoms with Crippen molar-refractivity contribution in [1.82, 2.24) is 9.80 Å². The van der Waals surface area contributed by atoms with Gasteiger partial charge in [0.2, 0.25) is 5.91 Å². The van der Waals surface area contributed by atoms with E-state index in [4.69, 9.17) is 4.42 Å². The van der Waals surface area contributed by atoms with Gasteiger partial charge < -0.3 is 9.32 Å². The first-order valence-electron chi connectivity index (χ1n) is 8.32. The average molecular weight is 290 g/mol. The summed E-state index contributed by atoms with van der Waals surface area (Å²) in [7, 11) is 0. The van der Waals surface area contributed by atoms with Gasteiger partial charge in [0.15, 0.2) is 0 Å². The van der Waals surface area contributed by atoms with Crippen LogP contribution in [0.1, 0.15) is 44.1 Å². The van der Waals surface area contributed by atoms with Crippen LogP contribution in [0.5, 0.6) is 0 Å². The maximum Gasteiger partial charge on any atom is 0.223 e. The van der Waals surface area contributed by atoms with Gasteiger partial charge in [0.25, 0.3) is 0 Å². The van der Waals surface area contributed by atoms with Gasteiger partial charge in [-0.3, -0.25) is 9.69 Å². The molecule has 0 N–H and O–H groups in total. The lowest BCUT2D eigenvalue weighted by Crippen LogP contribution is -2.37. The highest BCUT2D eigenvalue weighted by molar-refractivity contribution is 5.76. The predicted octanol–water partition coefficient (Wildman–Crippen LogP) is 2.89. The predicted molar refractivity (Wildman–Crippen MR) is 81.8 cm³/mol. The van der Waals surface area contributed by atoms with Crippen LogP contribution in [0.4, 0.5) is 0 Å². The van der Waals surface area contributed by atoms with Gasteiger partial charge in [-0.05, 0) is 24.8 Å². The minimum absolute atomic E-state index is 0.343. The summed E-state index contributed by atoms with van der Waals surface area (Å²) in [6, 6.07) is 2.01. The van der Waals surface area contributed by atoms with Crippen LogP contribution in [0.2, 0.25) is 0 Å². The fourth-order valence-corrected chi connectivity index (χ4v) is 3.58.